The molecule has 0 aromatic carbocycles. The normalized spacial score (nSPS) is 24.6. The summed E-state index contributed by atoms with van der Waals surface area (Å²) >= 11 is -0.212. The molecule has 12 heavy (non-hydrogen) atoms. The molecule has 0 aromatic rings. The van der Waals surface area contributed by atoms with Crippen LogP contribution in [0.3, 0.4) is 0 Å². The second-order valence-electron chi connectivity index (χ2n) is 3.31. The van der Waals surface area contributed by atoms with Crippen LogP contribution in [0, 0.1) is 5.92 Å². The van der Waals surface area contributed by atoms with E-state index in [1.54, 1.807) is 0 Å². The summed E-state index contributed by atoms with van der Waals surface area (Å²) in [6.07, 6.45) is 0.886. The van der Waals surface area contributed by atoms with Gasteiger partial charge in [-0.05, 0) is 0 Å². The molecular weight excluding hydrogens is 230 g/mol. The summed E-state index contributed by atoms with van der Waals surface area (Å²) in [7, 11) is 0. The molecule has 0 bridgehead atoms. The number of Topliss-reactive ketones (excluding diaryl/α,β-unsaturated/α-hetero) is 1. The molecule has 60 valence electrons. The molecule has 1 rings (SSSR count). The Hall–Kier alpha value is 0.685. The number of carbonyl (C=O) groups is 2. The van der Waals surface area contributed by atoms with E-state index < -0.39 is 0 Å². The molecule has 3 nitrogen and oxygen atoms in total. The van der Waals surface area contributed by atoms with Gasteiger partial charge in [0.15, 0.2) is 0 Å². The first-order chi connectivity index (χ1) is 5.52. The van der Waals surface area contributed by atoms with Crippen LogP contribution in [0.5, 0.6) is 0 Å². The van der Waals surface area contributed by atoms with Crippen molar-refractivity contribution >= 4 is 60.2 Å². The Balaban J connectivity index is 3.01. The third-order valence-electron chi connectivity index (χ3n) is 2.00. The van der Waals surface area contributed by atoms with E-state index in [0.717, 1.165) is 0 Å². The van der Waals surface area contributed by atoms with Crippen LogP contribution < -0.4 is 0 Å². The summed E-state index contributed by atoms with van der Waals surface area (Å²) in [6.45, 7) is 1.90. The number of ketones is 1. The van der Waals surface area contributed by atoms with Crippen LogP contribution >= 0.6 is 0 Å². The fraction of sp³-hybridized carbons (Fsp3) is 0.500. The van der Waals surface area contributed by atoms with Crippen LogP contribution in [-0.4, -0.2) is 65.3 Å². The van der Waals surface area contributed by atoms with Gasteiger partial charge in [-0.15, -0.1) is 0 Å². The maximum absolute atomic E-state index is 11.3. The number of rotatable bonds is 1. The van der Waals surface area contributed by atoms with Crippen molar-refractivity contribution < 1.29 is 14.7 Å². The van der Waals surface area contributed by atoms with E-state index in [1.807, 2.05) is 6.92 Å². The van der Waals surface area contributed by atoms with E-state index in [-0.39, 0.29) is 77.4 Å². The molecule has 1 atom stereocenters. The van der Waals surface area contributed by atoms with Crippen molar-refractivity contribution in [2.45, 2.75) is 19.8 Å². The Bertz CT molecular complexity index is 267. The van der Waals surface area contributed by atoms with Gasteiger partial charge < -0.3 is 0 Å². The molecule has 1 aliphatic rings. The molecule has 4 heteroatoms. The molecule has 0 radical (unpaired) electrons. The molecule has 0 saturated heterocycles. The second-order valence-corrected chi connectivity index (χ2v) is 5.55. The van der Waals surface area contributed by atoms with Crippen molar-refractivity contribution in [1.82, 2.24) is 0 Å². The van der Waals surface area contributed by atoms with Gasteiger partial charge in [0.2, 0.25) is 0 Å². The second kappa shape index (κ2) is 4.27. The Labute approximate surface area is 110 Å². The molecular formula is C8H9O3Rb. The average Bonchev–Trinajstić information content (AvgIpc) is 1.82. The fourth-order valence-corrected chi connectivity index (χ4v) is 2.88. The van der Waals surface area contributed by atoms with Gasteiger partial charge in [-0.3, -0.25) is 0 Å². The molecule has 0 spiro atoms. The molecule has 1 unspecified atom stereocenters. The van der Waals surface area contributed by atoms with Gasteiger partial charge >= 0.3 is 112 Å². The van der Waals surface area contributed by atoms with Crippen molar-refractivity contribution in [2.75, 3.05) is 0 Å². The molecule has 0 aliphatic heterocycles. The van der Waals surface area contributed by atoms with Crippen LogP contribution in [0.2, 0.25) is 0 Å². The quantitative estimate of drug-likeness (QED) is 0.677. The van der Waals surface area contributed by atoms with Gasteiger partial charge in [0.05, 0.1) is 0 Å². The van der Waals surface area contributed by atoms with Crippen LogP contribution in [0.25, 0.3) is 0 Å². The van der Waals surface area contributed by atoms with Crippen LogP contribution in [-0.2, 0) is 9.59 Å². The maximum atomic E-state index is 11.3. The Kier molecular flexibility index (Phi) is 3.83. The fourth-order valence-electron chi connectivity index (χ4n) is 1.48. The van der Waals surface area contributed by atoms with E-state index in [9.17, 15) is 14.7 Å². The number of carbonyl (C=O) groups excluding carboxylic acids is 2. The average molecular weight is 239 g/mol. The van der Waals surface area contributed by atoms with Crippen LogP contribution in [0.4, 0.5) is 0 Å². The summed E-state index contributed by atoms with van der Waals surface area (Å²) in [5.41, 5.74) is 0.101. The van der Waals surface area contributed by atoms with Crippen molar-refractivity contribution in [3.63, 3.8) is 0 Å². The van der Waals surface area contributed by atoms with Crippen LogP contribution in [0.1, 0.15) is 19.8 Å². The van der Waals surface area contributed by atoms with E-state index in [2.05, 4.69) is 0 Å². The zero-order valence-corrected chi connectivity index (χ0v) is 12.2. The standard InChI is InChI=1S/C8H9O3.Rb/c1-5-2-7(10)6(4-9)8(11)3-5;/h5,10H,2-3H2,1H3;. The third kappa shape index (κ3) is 2.34. The van der Waals surface area contributed by atoms with Gasteiger partial charge in [-0.25, -0.2) is 0 Å². The Morgan fingerprint density at radius 2 is 2.17 bits per heavy atom. The molecule has 0 heterocycles. The zero-order valence-electron chi connectivity index (χ0n) is 7.26. The first-order valence-electron chi connectivity index (χ1n) is 3.98. The van der Waals surface area contributed by atoms with Gasteiger partial charge in [-0.1, -0.05) is 0 Å². The Morgan fingerprint density at radius 3 is 2.58 bits per heavy atom. The minimum atomic E-state index is -0.212. The SMILES string of the molecule is CC1CC(=O)C([C](=O)[Rb])=C(O)C1. The summed E-state index contributed by atoms with van der Waals surface area (Å²) < 4.78 is -0.119. The van der Waals surface area contributed by atoms with Gasteiger partial charge in [-0.2, -0.15) is 0 Å². The number of allylic oxidation sites excluding steroid dienone is 2. The van der Waals surface area contributed by atoms with Gasteiger partial charge in [0, 0.05) is 0 Å². The summed E-state index contributed by atoms with van der Waals surface area (Å²) in [5.74, 6) is 0.0224. The van der Waals surface area contributed by atoms with Crippen molar-refractivity contribution in [2.24, 2.45) is 5.92 Å². The van der Waals surface area contributed by atoms with Crippen molar-refractivity contribution in [3.8, 4) is 0 Å². The van der Waals surface area contributed by atoms with Crippen molar-refractivity contribution in [3.05, 3.63) is 11.3 Å². The zero-order chi connectivity index (χ0) is 9.30. The van der Waals surface area contributed by atoms with Gasteiger partial charge in [0.1, 0.15) is 0 Å². The van der Waals surface area contributed by atoms with Gasteiger partial charge in [0.25, 0.3) is 0 Å². The first-order valence-corrected chi connectivity index (χ1v) is 6.44. The van der Waals surface area contributed by atoms with Crippen molar-refractivity contribution in [1.29, 1.82) is 0 Å². The van der Waals surface area contributed by atoms with E-state index in [0.29, 0.717) is 12.8 Å². The molecule has 0 aromatic heterocycles. The molecule has 0 amide bonds. The monoisotopic (exact) mass is 238 g/mol. The first kappa shape index (κ1) is 10.8. The van der Waals surface area contributed by atoms with Crippen LogP contribution in [0.15, 0.2) is 11.3 Å². The minimum absolute atomic E-state index is 0.0166. The summed E-state index contributed by atoms with van der Waals surface area (Å²) in [6, 6.07) is 0. The van der Waals surface area contributed by atoms with E-state index >= 15 is 0 Å². The third-order valence-corrected chi connectivity index (χ3v) is 3.22. The van der Waals surface area contributed by atoms with E-state index in [1.165, 1.54) is 0 Å². The number of hydrogen-bond acceptors (Lipinski definition) is 3. The predicted octanol–water partition coefficient (Wildman–Crippen LogP) is 0.493. The molecule has 1 aliphatic carbocycles. The molecule has 1 N–H and O–H groups in total. The topological polar surface area (TPSA) is 54.4 Å². The summed E-state index contributed by atoms with van der Waals surface area (Å²) in [4.78, 5) is 22.2. The number of hydrogen-bond donors (Lipinski definition) is 1. The summed E-state index contributed by atoms with van der Waals surface area (Å²) in [5, 5.41) is 9.35. The predicted molar refractivity (Wildman–Crippen MR) is 43.8 cm³/mol. The molecule has 0 saturated carbocycles. The Morgan fingerprint density at radius 1 is 1.58 bits per heavy atom. The van der Waals surface area contributed by atoms with E-state index in [4.69, 9.17) is 0 Å². The molecule has 0 fully saturated rings. The number of aliphatic hydroxyl groups excluding tert-OH is 1. The number of aliphatic hydroxyl groups is 1.